The molecule has 45 heavy (non-hydrogen) atoms. The molecule has 224 valence electrons. The van der Waals surface area contributed by atoms with E-state index >= 15 is 0 Å². The van der Waals surface area contributed by atoms with Gasteiger partial charge in [0.2, 0.25) is 0 Å². The van der Waals surface area contributed by atoms with Crippen LogP contribution in [0, 0.1) is 22.7 Å². The molecule has 0 aliphatic rings. The molecule has 0 bridgehead atoms. The molecule has 0 saturated heterocycles. The third kappa shape index (κ3) is 22.8. The van der Waals surface area contributed by atoms with Crippen molar-refractivity contribution in [3.63, 3.8) is 0 Å². The minimum atomic E-state index is 0.194. The topological polar surface area (TPSA) is 47.6 Å². The first kappa shape index (κ1) is 37.6. The van der Waals surface area contributed by atoms with Crippen molar-refractivity contribution >= 4 is 35.4 Å². The minimum Gasteiger partial charge on any atom is -0.192 e. The van der Waals surface area contributed by atoms with E-state index in [1.807, 2.05) is 146 Å². The van der Waals surface area contributed by atoms with E-state index in [-0.39, 0.29) is 5.34 Å². The number of benzene rings is 2. The first-order chi connectivity index (χ1) is 22.2. The van der Waals surface area contributed by atoms with Crippen LogP contribution in [0.2, 0.25) is 0 Å². The van der Waals surface area contributed by atoms with E-state index in [4.69, 9.17) is 23.2 Å². The van der Waals surface area contributed by atoms with Gasteiger partial charge in [0.15, 0.2) is 0 Å². The molecule has 0 atom stereocenters. The highest BCUT2D eigenvalue weighted by molar-refractivity contribution is 6.40. The highest BCUT2D eigenvalue weighted by Crippen LogP contribution is 2.03. The lowest BCUT2D eigenvalue weighted by Gasteiger charge is -1.87. The average molecular weight is 628 g/mol. The summed E-state index contributed by atoms with van der Waals surface area (Å²) in [6.07, 6.45) is 45.2. The van der Waals surface area contributed by atoms with Crippen LogP contribution in [-0.2, 0) is 0 Å². The van der Waals surface area contributed by atoms with Crippen LogP contribution >= 0.6 is 23.2 Å². The summed E-state index contributed by atoms with van der Waals surface area (Å²) < 4.78 is 0. The molecule has 2 nitrogen and oxygen atoms in total. The molecule has 0 aromatic heterocycles. The van der Waals surface area contributed by atoms with Gasteiger partial charge in [0, 0.05) is 0 Å². The zero-order valence-corrected chi connectivity index (χ0v) is 26.5. The number of alkyl halides is 2. The van der Waals surface area contributed by atoms with Gasteiger partial charge in [-0.1, -0.05) is 182 Å². The Labute approximate surface area is 279 Å². The number of allylic oxidation sites excluding steroid dienone is 24. The molecule has 0 saturated carbocycles. The molecule has 0 aliphatic heterocycles. The first-order valence-corrected chi connectivity index (χ1v) is 15.1. The normalized spacial score (nSPS) is 13.3. The van der Waals surface area contributed by atoms with Crippen LogP contribution in [-0.4, -0.2) is 5.34 Å². The summed E-state index contributed by atoms with van der Waals surface area (Å²) in [7, 11) is 0. The monoisotopic (exact) mass is 626 g/mol. The fourth-order valence-corrected chi connectivity index (χ4v) is 3.12. The Morgan fingerprint density at radius 3 is 1.00 bits per heavy atom. The van der Waals surface area contributed by atoms with Gasteiger partial charge in [-0.2, -0.15) is 10.5 Å². The lowest BCUT2D eigenvalue weighted by molar-refractivity contribution is 1.48. The number of hydrogen-bond donors (Lipinski definition) is 0. The average Bonchev–Trinajstić information content (AvgIpc) is 3.07. The Bertz CT molecular complexity index is 1450. The maximum absolute atomic E-state index is 9.36. The van der Waals surface area contributed by atoms with E-state index < -0.39 is 0 Å². The molecular weight excluding hydrogens is 591 g/mol. The van der Waals surface area contributed by atoms with Crippen LogP contribution in [0.3, 0.4) is 0 Å². The maximum atomic E-state index is 9.36. The van der Waals surface area contributed by atoms with Crippen LogP contribution in [0.25, 0.3) is 12.2 Å². The smallest absolute Gasteiger partial charge is 0.0991 e. The summed E-state index contributed by atoms with van der Waals surface area (Å²) in [5.41, 5.74) is 3.23. The Balaban J connectivity index is 0.00000324. The fraction of sp³-hybridized carbons (Fsp3) is 0.0244. The molecule has 0 heterocycles. The van der Waals surface area contributed by atoms with E-state index in [0.29, 0.717) is 11.1 Å². The third-order valence-corrected chi connectivity index (χ3v) is 5.21. The second kappa shape index (κ2) is 28.7. The van der Waals surface area contributed by atoms with E-state index in [9.17, 15) is 10.5 Å². The number of hydrogen-bond acceptors (Lipinski definition) is 2. The van der Waals surface area contributed by atoms with Gasteiger partial charge in [-0.15, -0.1) is 23.2 Å². The van der Waals surface area contributed by atoms with Crippen LogP contribution in [0.4, 0.5) is 0 Å². The van der Waals surface area contributed by atoms with Crippen LogP contribution in [0.1, 0.15) is 11.1 Å². The Morgan fingerprint density at radius 1 is 0.444 bits per heavy atom. The minimum absolute atomic E-state index is 0.194. The van der Waals surface area contributed by atoms with Gasteiger partial charge in [0.25, 0.3) is 0 Å². The summed E-state index contributed by atoms with van der Waals surface area (Å²) in [4.78, 5) is 0. The van der Waals surface area contributed by atoms with Gasteiger partial charge in [0.05, 0.1) is 28.6 Å². The zero-order chi connectivity index (χ0) is 32.5. The Hall–Kier alpha value is -5.38. The molecule has 0 amide bonds. The van der Waals surface area contributed by atoms with Gasteiger partial charge >= 0.3 is 0 Å². The van der Waals surface area contributed by atoms with Crippen molar-refractivity contribution in [1.29, 1.82) is 10.5 Å². The zero-order valence-electron chi connectivity index (χ0n) is 25.0. The molecule has 4 heteroatoms. The molecule has 2 aromatic rings. The van der Waals surface area contributed by atoms with Crippen LogP contribution in [0.15, 0.2) is 205 Å². The molecule has 2 aromatic carbocycles. The maximum Gasteiger partial charge on any atom is 0.0991 e. The van der Waals surface area contributed by atoms with Crippen molar-refractivity contribution < 1.29 is 0 Å². The van der Waals surface area contributed by atoms with Crippen LogP contribution < -0.4 is 0 Å². The summed E-state index contributed by atoms with van der Waals surface area (Å²) in [5.74, 6) is 0. The van der Waals surface area contributed by atoms with Crippen molar-refractivity contribution in [3.05, 3.63) is 217 Å². The summed E-state index contributed by atoms with van der Waals surface area (Å²) >= 11 is 9.53. The van der Waals surface area contributed by atoms with Gasteiger partial charge in [-0.3, -0.25) is 0 Å². The molecule has 0 spiro atoms. The summed E-state index contributed by atoms with van der Waals surface area (Å²) in [6, 6.07) is 24.5. The van der Waals surface area contributed by atoms with Crippen molar-refractivity contribution in [2.24, 2.45) is 0 Å². The lowest BCUT2D eigenvalue weighted by Crippen LogP contribution is -1.74. The van der Waals surface area contributed by atoms with Gasteiger partial charge in [-0.25, -0.2) is 0 Å². The van der Waals surface area contributed by atoms with E-state index in [0.717, 1.165) is 11.1 Å². The van der Waals surface area contributed by atoms with E-state index in [1.54, 1.807) is 36.5 Å². The molecule has 0 unspecified atom stereocenters. The second-order valence-electron chi connectivity index (χ2n) is 8.52. The Morgan fingerprint density at radius 2 is 0.711 bits per heavy atom. The van der Waals surface area contributed by atoms with Gasteiger partial charge in [-0.05, 0) is 35.4 Å². The second-order valence-corrected chi connectivity index (χ2v) is 9.33. The SMILES string of the molecule is ClCCl.N#CC(=C\C=C\C=C\C=C\C=C\C=C\c1ccccc1)/C=C/C(C#N)=C/C=C/C=C/C=C/C=C/C=C/c1ccccc1. The van der Waals surface area contributed by atoms with Crippen molar-refractivity contribution in [2.75, 3.05) is 5.34 Å². The molecular formula is C41H36Cl2N2. The van der Waals surface area contributed by atoms with Crippen molar-refractivity contribution in [3.8, 4) is 12.1 Å². The highest BCUT2D eigenvalue weighted by atomic mass is 35.5. The first-order valence-electron chi connectivity index (χ1n) is 14.0. The fourth-order valence-electron chi connectivity index (χ4n) is 3.12. The third-order valence-electron chi connectivity index (χ3n) is 5.21. The molecule has 0 aliphatic carbocycles. The van der Waals surface area contributed by atoms with Gasteiger partial charge < -0.3 is 0 Å². The highest BCUT2D eigenvalue weighted by Gasteiger charge is 1.89. The summed E-state index contributed by atoms with van der Waals surface area (Å²) in [5, 5.41) is 18.9. The number of nitrogens with zero attached hydrogens (tertiary/aromatic N) is 2. The number of halogens is 2. The molecule has 2 rings (SSSR count). The Kier molecular flexibility index (Phi) is 24.0. The molecule has 0 N–H and O–H groups in total. The summed E-state index contributed by atoms with van der Waals surface area (Å²) in [6.45, 7) is 0. The standard InChI is InChI=1S/C40H34N2.CH2Cl2/c41-35-39(31-19-13-9-5-1-3-7-11-17-25-37-27-21-15-22-28-37)33-34-40(36-42)32-20-14-10-6-2-4-8-12-18-26-38-29-23-16-24-30-38;2-1-3/h1-34H;1H2/b3-1+,4-2+,9-5+,10-6+,11-7+,12-8+,19-13+,20-14+,25-17+,26-18+,34-33+,39-31-,40-32-;. The number of rotatable bonds is 14. The predicted molar refractivity (Wildman–Crippen MR) is 197 cm³/mol. The van der Waals surface area contributed by atoms with Crippen molar-refractivity contribution in [1.82, 2.24) is 0 Å². The van der Waals surface area contributed by atoms with Crippen LogP contribution in [0.5, 0.6) is 0 Å². The largest absolute Gasteiger partial charge is 0.192 e. The quantitative estimate of drug-likeness (QED) is 0.119. The van der Waals surface area contributed by atoms with E-state index in [1.165, 1.54) is 0 Å². The van der Waals surface area contributed by atoms with Gasteiger partial charge in [0.1, 0.15) is 0 Å². The van der Waals surface area contributed by atoms with E-state index in [2.05, 4.69) is 36.4 Å². The molecule has 0 fully saturated rings. The number of nitriles is 2. The lowest BCUT2D eigenvalue weighted by atomic mass is 10.2. The van der Waals surface area contributed by atoms with Crippen molar-refractivity contribution in [2.45, 2.75) is 0 Å². The molecule has 0 radical (unpaired) electrons. The predicted octanol–water partition coefficient (Wildman–Crippen LogP) is 11.7.